The van der Waals surface area contributed by atoms with E-state index in [2.05, 4.69) is 10.5 Å². The van der Waals surface area contributed by atoms with Crippen molar-refractivity contribution in [2.45, 2.75) is 12.6 Å². The molecule has 0 spiro atoms. The molecule has 7 heteroatoms. The van der Waals surface area contributed by atoms with E-state index < -0.39 is 5.82 Å². The van der Waals surface area contributed by atoms with E-state index in [0.29, 0.717) is 13.2 Å². The van der Waals surface area contributed by atoms with Gasteiger partial charge in [-0.3, -0.25) is 0 Å². The lowest BCUT2D eigenvalue weighted by atomic mass is 10.1. The van der Waals surface area contributed by atoms with Crippen molar-refractivity contribution in [1.29, 1.82) is 0 Å². The zero-order valence-electron chi connectivity index (χ0n) is 15.3. The maximum Gasteiger partial charge on any atom is 0.177 e. The van der Waals surface area contributed by atoms with Gasteiger partial charge in [-0.2, -0.15) is 0 Å². The first kappa shape index (κ1) is 19.6. The van der Waals surface area contributed by atoms with Crippen LogP contribution in [0.25, 0.3) is 10.6 Å². The van der Waals surface area contributed by atoms with Crippen LogP contribution in [-0.2, 0) is 6.54 Å². The molecule has 0 aliphatic heterocycles. The van der Waals surface area contributed by atoms with Crippen LogP contribution < -0.4 is 10.1 Å². The molecule has 1 N–H and O–H groups in total. The van der Waals surface area contributed by atoms with Gasteiger partial charge in [0.05, 0.1) is 21.6 Å². The van der Waals surface area contributed by atoms with Gasteiger partial charge < -0.3 is 14.6 Å². The molecule has 0 saturated carbocycles. The van der Waals surface area contributed by atoms with Crippen LogP contribution in [0.4, 0.5) is 4.39 Å². The summed E-state index contributed by atoms with van der Waals surface area (Å²) < 4.78 is 24.9. The normalized spacial score (nSPS) is 12.1. The van der Waals surface area contributed by atoms with Gasteiger partial charge in [0.1, 0.15) is 18.2 Å². The molecule has 0 radical (unpaired) electrons. The number of para-hydroxylation sites is 1. The van der Waals surface area contributed by atoms with Gasteiger partial charge in [-0.15, -0.1) is 11.3 Å². The third-order valence-electron chi connectivity index (χ3n) is 4.36. The van der Waals surface area contributed by atoms with Crippen molar-refractivity contribution < 1.29 is 13.7 Å². The quantitative estimate of drug-likeness (QED) is 0.368. The fourth-order valence-corrected chi connectivity index (χ4v) is 3.72. The first-order valence-corrected chi connectivity index (χ1v) is 10.3. The minimum atomic E-state index is -0.449. The third kappa shape index (κ3) is 5.03. The van der Waals surface area contributed by atoms with Gasteiger partial charge in [-0.05, 0) is 41.3 Å². The van der Waals surface area contributed by atoms with Crippen LogP contribution in [0.5, 0.6) is 5.75 Å². The number of hydrogen-bond donors (Lipinski definition) is 1. The molecular formula is C22H18ClFN2O2S. The van der Waals surface area contributed by atoms with Crippen LogP contribution in [-0.4, -0.2) is 11.8 Å². The summed E-state index contributed by atoms with van der Waals surface area (Å²) in [4.78, 5) is 1.03. The zero-order chi connectivity index (χ0) is 20.1. The first-order chi connectivity index (χ1) is 14.2. The summed E-state index contributed by atoms with van der Waals surface area (Å²) in [6, 6.07) is 19.9. The Morgan fingerprint density at radius 1 is 1.10 bits per heavy atom. The van der Waals surface area contributed by atoms with Crippen molar-refractivity contribution in [2.75, 3.05) is 6.61 Å². The molecule has 2 heterocycles. The van der Waals surface area contributed by atoms with Crippen LogP contribution >= 0.6 is 22.9 Å². The second-order valence-electron chi connectivity index (χ2n) is 6.39. The van der Waals surface area contributed by atoms with Crippen molar-refractivity contribution in [3.8, 4) is 16.4 Å². The minimum Gasteiger partial charge on any atom is -0.492 e. The predicted octanol–water partition coefficient (Wildman–Crippen LogP) is 6.11. The average molecular weight is 429 g/mol. The first-order valence-electron chi connectivity index (χ1n) is 9.05. The van der Waals surface area contributed by atoms with Crippen LogP contribution in [0.1, 0.15) is 17.3 Å². The summed E-state index contributed by atoms with van der Waals surface area (Å²) in [6.45, 7) is 0.814. The Labute approximate surface area is 176 Å². The highest BCUT2D eigenvalue weighted by molar-refractivity contribution is 7.13. The van der Waals surface area contributed by atoms with Crippen LogP contribution in [0.15, 0.2) is 76.6 Å². The van der Waals surface area contributed by atoms with Gasteiger partial charge in [0, 0.05) is 12.6 Å². The third-order valence-corrected chi connectivity index (χ3v) is 5.53. The largest absolute Gasteiger partial charge is 0.492 e. The molecule has 0 saturated heterocycles. The Balaban J connectivity index is 1.47. The predicted molar refractivity (Wildman–Crippen MR) is 113 cm³/mol. The van der Waals surface area contributed by atoms with Gasteiger partial charge in [-0.25, -0.2) is 4.39 Å². The molecule has 0 amide bonds. The molecule has 148 valence electrons. The molecule has 1 atom stereocenters. The molecule has 0 aliphatic carbocycles. The van der Waals surface area contributed by atoms with Crippen molar-refractivity contribution in [3.63, 3.8) is 0 Å². The summed E-state index contributed by atoms with van der Waals surface area (Å²) in [7, 11) is 0. The number of hydrogen-bond acceptors (Lipinski definition) is 5. The lowest BCUT2D eigenvalue weighted by Crippen LogP contribution is -2.26. The van der Waals surface area contributed by atoms with Crippen molar-refractivity contribution in [3.05, 3.63) is 94.2 Å². The molecule has 4 rings (SSSR count). The SMILES string of the molecule is Fc1ccc(C(COc2ccccc2)NCc2cc(-c3cccs3)on2)cc1Cl. The topological polar surface area (TPSA) is 47.3 Å². The Hall–Kier alpha value is -2.67. The van der Waals surface area contributed by atoms with Crippen molar-refractivity contribution >= 4 is 22.9 Å². The second kappa shape index (κ2) is 9.22. The highest BCUT2D eigenvalue weighted by atomic mass is 35.5. The fraction of sp³-hybridized carbons (Fsp3) is 0.136. The summed E-state index contributed by atoms with van der Waals surface area (Å²) in [5, 5.41) is 9.60. The molecule has 4 aromatic rings. The molecule has 2 aromatic carbocycles. The Morgan fingerprint density at radius 3 is 2.72 bits per heavy atom. The van der Waals surface area contributed by atoms with E-state index in [0.717, 1.165) is 27.6 Å². The Kier molecular flexibility index (Phi) is 6.24. The summed E-state index contributed by atoms with van der Waals surface area (Å²) in [6.07, 6.45) is 0. The number of ether oxygens (including phenoxy) is 1. The van der Waals surface area contributed by atoms with E-state index in [9.17, 15) is 4.39 Å². The molecule has 2 aromatic heterocycles. The standard InChI is InChI=1S/C22H18ClFN2O2S/c23-18-11-15(8-9-19(18)24)20(14-27-17-5-2-1-3-6-17)25-13-16-12-21(28-26-16)22-7-4-10-29-22/h1-12,20,25H,13-14H2. The summed E-state index contributed by atoms with van der Waals surface area (Å²) in [5.41, 5.74) is 1.60. The van der Waals surface area contributed by atoms with Crippen molar-refractivity contribution in [2.24, 2.45) is 0 Å². The number of rotatable bonds is 8. The van der Waals surface area contributed by atoms with Crippen LogP contribution in [0.3, 0.4) is 0 Å². The van der Waals surface area contributed by atoms with Gasteiger partial charge in [0.2, 0.25) is 0 Å². The van der Waals surface area contributed by atoms with E-state index in [1.807, 2.05) is 53.9 Å². The molecule has 0 fully saturated rings. The van der Waals surface area contributed by atoms with Gasteiger partial charge >= 0.3 is 0 Å². The molecule has 1 unspecified atom stereocenters. The molecule has 29 heavy (non-hydrogen) atoms. The van der Waals surface area contributed by atoms with E-state index in [4.69, 9.17) is 20.9 Å². The lowest BCUT2D eigenvalue weighted by molar-refractivity contribution is 0.264. The number of halogens is 2. The molecule has 0 bridgehead atoms. The van der Waals surface area contributed by atoms with E-state index in [1.165, 1.54) is 6.07 Å². The number of aromatic nitrogens is 1. The number of nitrogens with zero attached hydrogens (tertiary/aromatic N) is 1. The second-order valence-corrected chi connectivity index (χ2v) is 7.75. The van der Waals surface area contributed by atoms with E-state index in [-0.39, 0.29) is 11.1 Å². The summed E-state index contributed by atoms with van der Waals surface area (Å²) in [5.74, 6) is 1.04. The Morgan fingerprint density at radius 2 is 1.97 bits per heavy atom. The highest BCUT2D eigenvalue weighted by Crippen LogP contribution is 2.26. The fourth-order valence-electron chi connectivity index (χ4n) is 2.86. The number of thiophene rings is 1. The van der Waals surface area contributed by atoms with Gasteiger partial charge in [0.15, 0.2) is 5.76 Å². The maximum absolute atomic E-state index is 13.6. The summed E-state index contributed by atoms with van der Waals surface area (Å²) >= 11 is 7.58. The number of nitrogens with one attached hydrogen (secondary N) is 1. The van der Waals surface area contributed by atoms with E-state index >= 15 is 0 Å². The zero-order valence-corrected chi connectivity index (χ0v) is 16.9. The molecular weight excluding hydrogens is 411 g/mol. The molecule has 4 nitrogen and oxygen atoms in total. The minimum absolute atomic E-state index is 0.0791. The monoisotopic (exact) mass is 428 g/mol. The van der Waals surface area contributed by atoms with Crippen molar-refractivity contribution in [1.82, 2.24) is 10.5 Å². The maximum atomic E-state index is 13.6. The van der Waals surface area contributed by atoms with Gasteiger partial charge in [-0.1, -0.05) is 47.1 Å². The van der Waals surface area contributed by atoms with Crippen LogP contribution in [0, 0.1) is 5.82 Å². The van der Waals surface area contributed by atoms with Gasteiger partial charge in [0.25, 0.3) is 0 Å². The Bertz CT molecular complexity index is 1050. The lowest BCUT2D eigenvalue weighted by Gasteiger charge is -2.20. The van der Waals surface area contributed by atoms with Crippen LogP contribution in [0.2, 0.25) is 5.02 Å². The highest BCUT2D eigenvalue weighted by Gasteiger charge is 2.16. The number of benzene rings is 2. The average Bonchev–Trinajstić information content (AvgIpc) is 3.43. The van der Waals surface area contributed by atoms with E-state index in [1.54, 1.807) is 23.5 Å². The smallest absolute Gasteiger partial charge is 0.177 e. The molecule has 0 aliphatic rings.